The fourth-order valence-electron chi connectivity index (χ4n) is 2.41. The number of nitrogens with one attached hydrogen (secondary N) is 1. The van der Waals surface area contributed by atoms with Crippen molar-refractivity contribution in [1.82, 2.24) is 10.2 Å². The molecular weight excluding hydrogens is 324 g/mol. The Hall–Kier alpha value is -3.61. The average Bonchev–Trinajstić information content (AvgIpc) is 2.58. The Balaban J connectivity index is 1.93. The third-order valence-electron chi connectivity index (χ3n) is 3.68. The topological polar surface area (TPSA) is 107 Å². The summed E-state index contributed by atoms with van der Waals surface area (Å²) >= 11 is 0. The van der Waals surface area contributed by atoms with Crippen LogP contribution in [-0.2, 0) is 16.1 Å². The number of hydrogen-bond acceptors (Lipinski definition) is 5. The van der Waals surface area contributed by atoms with Crippen LogP contribution in [0.1, 0.15) is 11.1 Å². The second kappa shape index (κ2) is 6.48. The first-order chi connectivity index (χ1) is 12.0. The lowest BCUT2D eigenvalue weighted by Gasteiger charge is -2.26. The zero-order chi connectivity index (χ0) is 18.0. The van der Waals surface area contributed by atoms with Crippen molar-refractivity contribution in [2.45, 2.75) is 6.54 Å². The van der Waals surface area contributed by atoms with Gasteiger partial charge in [0.05, 0.1) is 6.54 Å². The van der Waals surface area contributed by atoms with E-state index in [2.05, 4.69) is 5.32 Å². The molecule has 25 heavy (non-hydrogen) atoms. The van der Waals surface area contributed by atoms with E-state index in [-0.39, 0.29) is 29.2 Å². The van der Waals surface area contributed by atoms with E-state index in [0.29, 0.717) is 0 Å². The predicted octanol–water partition coefficient (Wildman–Crippen LogP) is 1.76. The Kier molecular flexibility index (Phi) is 4.21. The largest absolute Gasteiger partial charge is 0.508 e. The van der Waals surface area contributed by atoms with Gasteiger partial charge in [-0.2, -0.15) is 0 Å². The molecule has 1 aliphatic heterocycles. The van der Waals surface area contributed by atoms with E-state index >= 15 is 0 Å². The number of benzene rings is 2. The summed E-state index contributed by atoms with van der Waals surface area (Å²) in [4.78, 5) is 37.5. The summed E-state index contributed by atoms with van der Waals surface area (Å²) in [7, 11) is 0. The van der Waals surface area contributed by atoms with Crippen LogP contribution in [0.5, 0.6) is 11.5 Å². The maximum Gasteiger partial charge on any atom is 0.331 e. The van der Waals surface area contributed by atoms with Gasteiger partial charge in [-0.3, -0.25) is 19.8 Å². The van der Waals surface area contributed by atoms with E-state index in [1.165, 1.54) is 18.2 Å². The van der Waals surface area contributed by atoms with Crippen molar-refractivity contribution in [3.05, 3.63) is 65.2 Å². The van der Waals surface area contributed by atoms with Gasteiger partial charge in [0.15, 0.2) is 0 Å². The summed E-state index contributed by atoms with van der Waals surface area (Å²) < 4.78 is 0. The standard InChI is InChI=1S/C18H14N2O5/c21-13-7-6-12(15(22)9-13)8-14-16(23)19-18(25)20(17(14)24)10-11-4-2-1-3-5-11/h1-9,21-22H,10H2,(H,19,23,25). The summed E-state index contributed by atoms with van der Waals surface area (Å²) in [5.74, 6) is -2.04. The maximum absolute atomic E-state index is 12.6. The van der Waals surface area contributed by atoms with Crippen LogP contribution in [0.15, 0.2) is 54.1 Å². The van der Waals surface area contributed by atoms with E-state index in [9.17, 15) is 24.6 Å². The van der Waals surface area contributed by atoms with Crippen LogP contribution in [0, 0.1) is 0 Å². The van der Waals surface area contributed by atoms with Gasteiger partial charge >= 0.3 is 6.03 Å². The van der Waals surface area contributed by atoms with Crippen molar-refractivity contribution in [3.63, 3.8) is 0 Å². The van der Waals surface area contributed by atoms with Gasteiger partial charge in [-0.15, -0.1) is 0 Å². The lowest BCUT2D eigenvalue weighted by atomic mass is 10.1. The Bertz CT molecular complexity index is 890. The van der Waals surface area contributed by atoms with Crippen LogP contribution in [-0.4, -0.2) is 33.0 Å². The summed E-state index contributed by atoms with van der Waals surface area (Å²) in [6.07, 6.45) is 1.18. The van der Waals surface area contributed by atoms with Crippen molar-refractivity contribution in [2.24, 2.45) is 0 Å². The molecule has 2 aromatic rings. The summed E-state index contributed by atoms with van der Waals surface area (Å²) in [6.45, 7) is 0.0116. The number of imide groups is 2. The molecule has 0 atom stereocenters. The van der Waals surface area contributed by atoms with Crippen molar-refractivity contribution < 1.29 is 24.6 Å². The zero-order valence-electron chi connectivity index (χ0n) is 13.0. The van der Waals surface area contributed by atoms with Crippen molar-refractivity contribution in [3.8, 4) is 11.5 Å². The molecular formula is C18H14N2O5. The molecule has 3 rings (SSSR count). The summed E-state index contributed by atoms with van der Waals surface area (Å²) in [5, 5.41) is 21.2. The highest BCUT2D eigenvalue weighted by Gasteiger charge is 2.35. The highest BCUT2D eigenvalue weighted by molar-refractivity contribution is 6.31. The van der Waals surface area contributed by atoms with Crippen LogP contribution < -0.4 is 5.32 Å². The first kappa shape index (κ1) is 16.3. The summed E-state index contributed by atoms with van der Waals surface area (Å²) in [6, 6.07) is 11.8. The molecule has 4 amide bonds. The summed E-state index contributed by atoms with van der Waals surface area (Å²) in [5.41, 5.74) is 0.619. The molecule has 1 aliphatic rings. The van der Waals surface area contributed by atoms with Crippen molar-refractivity contribution in [2.75, 3.05) is 0 Å². The number of hydrogen-bond donors (Lipinski definition) is 3. The number of aromatic hydroxyl groups is 2. The molecule has 0 aliphatic carbocycles. The smallest absolute Gasteiger partial charge is 0.331 e. The average molecular weight is 338 g/mol. The number of phenolic OH excluding ortho intramolecular Hbond substituents is 2. The highest BCUT2D eigenvalue weighted by atomic mass is 16.3. The first-order valence-corrected chi connectivity index (χ1v) is 7.40. The molecule has 0 aromatic heterocycles. The van der Waals surface area contributed by atoms with Crippen LogP contribution >= 0.6 is 0 Å². The number of carbonyl (C=O) groups excluding carboxylic acids is 3. The van der Waals surface area contributed by atoms with Gasteiger partial charge in [0, 0.05) is 11.6 Å². The van der Waals surface area contributed by atoms with Crippen LogP contribution in [0.4, 0.5) is 4.79 Å². The molecule has 3 N–H and O–H groups in total. The van der Waals surface area contributed by atoms with E-state index < -0.39 is 17.8 Å². The molecule has 0 bridgehead atoms. The fraction of sp³-hybridized carbons (Fsp3) is 0.0556. The lowest BCUT2D eigenvalue weighted by Crippen LogP contribution is -2.53. The maximum atomic E-state index is 12.6. The molecule has 7 nitrogen and oxygen atoms in total. The van der Waals surface area contributed by atoms with E-state index in [1.807, 2.05) is 6.07 Å². The van der Waals surface area contributed by atoms with Crippen molar-refractivity contribution in [1.29, 1.82) is 0 Å². The number of barbiturate groups is 1. The van der Waals surface area contributed by atoms with Gasteiger partial charge in [-0.05, 0) is 23.8 Å². The molecule has 1 heterocycles. The first-order valence-electron chi connectivity index (χ1n) is 7.40. The molecule has 0 radical (unpaired) electrons. The van der Waals surface area contributed by atoms with Gasteiger partial charge in [0.25, 0.3) is 11.8 Å². The monoisotopic (exact) mass is 338 g/mol. The third kappa shape index (κ3) is 3.35. The molecule has 1 saturated heterocycles. The molecule has 0 unspecified atom stereocenters. The normalized spacial score (nSPS) is 16.2. The van der Waals surface area contributed by atoms with Crippen molar-refractivity contribution >= 4 is 23.9 Å². The van der Waals surface area contributed by atoms with E-state index in [4.69, 9.17) is 0 Å². The fourth-order valence-corrected chi connectivity index (χ4v) is 2.41. The van der Waals surface area contributed by atoms with Gasteiger partial charge in [0.2, 0.25) is 0 Å². The van der Waals surface area contributed by atoms with Crippen LogP contribution in [0.3, 0.4) is 0 Å². The Morgan fingerprint density at radius 1 is 1.00 bits per heavy atom. The van der Waals surface area contributed by atoms with Crippen LogP contribution in [0.25, 0.3) is 6.08 Å². The number of urea groups is 1. The lowest BCUT2D eigenvalue weighted by molar-refractivity contribution is -0.130. The zero-order valence-corrected chi connectivity index (χ0v) is 13.0. The molecule has 0 saturated carbocycles. The Labute approximate surface area is 142 Å². The Morgan fingerprint density at radius 2 is 1.72 bits per heavy atom. The van der Waals surface area contributed by atoms with Gasteiger partial charge in [-0.1, -0.05) is 30.3 Å². The SMILES string of the molecule is O=C1NC(=O)N(Cc2ccccc2)C(=O)C1=Cc1ccc(O)cc1O. The number of carbonyl (C=O) groups is 3. The minimum atomic E-state index is -0.841. The molecule has 7 heteroatoms. The number of rotatable bonds is 3. The molecule has 0 spiro atoms. The van der Waals surface area contributed by atoms with Gasteiger partial charge in [0.1, 0.15) is 17.1 Å². The van der Waals surface area contributed by atoms with Gasteiger partial charge in [-0.25, -0.2) is 4.79 Å². The number of nitrogens with zero attached hydrogens (tertiary/aromatic N) is 1. The van der Waals surface area contributed by atoms with E-state index in [0.717, 1.165) is 16.5 Å². The quantitative estimate of drug-likeness (QED) is 0.584. The second-order valence-corrected chi connectivity index (χ2v) is 5.44. The molecule has 1 fully saturated rings. The molecule has 126 valence electrons. The Morgan fingerprint density at radius 3 is 2.40 bits per heavy atom. The number of phenols is 2. The molecule has 2 aromatic carbocycles. The predicted molar refractivity (Wildman–Crippen MR) is 88.3 cm³/mol. The second-order valence-electron chi connectivity index (χ2n) is 5.44. The highest BCUT2D eigenvalue weighted by Crippen LogP contribution is 2.26. The minimum Gasteiger partial charge on any atom is -0.508 e. The number of amides is 4. The third-order valence-corrected chi connectivity index (χ3v) is 3.68. The minimum absolute atomic E-state index is 0.0116. The van der Waals surface area contributed by atoms with Gasteiger partial charge < -0.3 is 10.2 Å². The van der Waals surface area contributed by atoms with Crippen LogP contribution in [0.2, 0.25) is 0 Å². The van der Waals surface area contributed by atoms with E-state index in [1.54, 1.807) is 24.3 Å².